The van der Waals surface area contributed by atoms with Gasteiger partial charge in [0.25, 0.3) is 0 Å². The van der Waals surface area contributed by atoms with Crippen molar-refractivity contribution in [2.75, 3.05) is 0 Å². The Morgan fingerprint density at radius 3 is 1.26 bits per heavy atom. The first-order valence-electron chi connectivity index (χ1n) is 6.51. The maximum absolute atomic E-state index is 3.84. The van der Waals surface area contributed by atoms with Gasteiger partial charge in [0.2, 0.25) is 11.6 Å². The number of hydrogen-bond donors (Lipinski definition) is 2. The van der Waals surface area contributed by atoms with Crippen LogP contribution in [0, 0.1) is 0 Å². The Labute approximate surface area is 172 Å². The molecule has 4 aromatic rings. The summed E-state index contributed by atoms with van der Waals surface area (Å²) < 4.78 is 0. The van der Waals surface area contributed by atoms with E-state index < -0.39 is 0 Å². The van der Waals surface area contributed by atoms with E-state index in [0.29, 0.717) is 11.6 Å². The van der Waals surface area contributed by atoms with Crippen molar-refractivity contribution in [2.24, 2.45) is 0 Å². The summed E-state index contributed by atoms with van der Waals surface area (Å²) in [5, 5.41) is 27.1. The predicted octanol–water partition coefficient (Wildman–Crippen LogP) is 1.35. The van der Waals surface area contributed by atoms with Crippen molar-refractivity contribution in [3.63, 3.8) is 0 Å². The van der Waals surface area contributed by atoms with Crippen LogP contribution in [0.1, 0.15) is 0 Å². The molecule has 0 atom stereocenters. The quantitative estimate of drug-likeness (QED) is 0.466. The molecule has 0 aliphatic carbocycles. The second-order valence-electron chi connectivity index (χ2n) is 4.20. The summed E-state index contributed by atoms with van der Waals surface area (Å²) in [5.74, 6) is 1.26. The fraction of sp³-hybridized carbons (Fsp3) is 0. The molecule has 0 aliphatic rings. The minimum Gasteiger partial charge on any atom is -0.177 e. The van der Waals surface area contributed by atoms with Gasteiger partial charge in [-0.25, -0.2) is 0 Å². The summed E-state index contributed by atoms with van der Waals surface area (Å²) in [6.07, 6.45) is 0. The molecule has 0 unspecified atom stereocenters. The zero-order chi connectivity index (χ0) is 15.0. The van der Waals surface area contributed by atoms with Gasteiger partial charge in [-0.1, -0.05) is 60.7 Å². The van der Waals surface area contributed by atoms with Crippen LogP contribution in [0.15, 0.2) is 60.7 Å². The molecule has 0 saturated carbocycles. The Morgan fingerprint density at radius 1 is 0.565 bits per heavy atom. The molecule has 8 nitrogen and oxygen atoms in total. The van der Waals surface area contributed by atoms with Crippen LogP contribution in [0.25, 0.3) is 22.8 Å². The van der Waals surface area contributed by atoms with E-state index in [-0.39, 0.29) is 48.9 Å². The molecule has 2 radical (unpaired) electrons. The van der Waals surface area contributed by atoms with Gasteiger partial charge >= 0.3 is 0 Å². The third-order valence-corrected chi connectivity index (χ3v) is 2.75. The summed E-state index contributed by atoms with van der Waals surface area (Å²) in [4.78, 5) is 0. The van der Waals surface area contributed by atoms with Crippen LogP contribution in [0.3, 0.4) is 0 Å². The number of rotatable bonds is 2. The molecule has 2 heterocycles. The molecule has 2 aromatic heterocycles. The van der Waals surface area contributed by atoms with Crippen molar-refractivity contribution < 1.29 is 0 Å². The van der Waals surface area contributed by atoms with Gasteiger partial charge in [0.1, 0.15) is 0 Å². The van der Waals surface area contributed by atoms with Gasteiger partial charge in [0.05, 0.1) is 0 Å². The standard InChI is InChI=1S/2C7H6N4.Ba/c2*1-2-4-6(5-3-1)7-8-10-11-9-7;/h2*1-5H,(H,8,9,10,11);. The SMILES string of the molecule is [Ba].c1ccc(-c2nn[nH]n2)cc1.c1ccc(-c2nn[nH]n2)cc1. The Bertz CT molecular complexity index is 703. The maximum atomic E-state index is 3.84. The Morgan fingerprint density at radius 2 is 0.957 bits per heavy atom. The Kier molecular flexibility index (Phi) is 7.10. The van der Waals surface area contributed by atoms with Crippen LogP contribution in [-0.2, 0) is 0 Å². The van der Waals surface area contributed by atoms with E-state index >= 15 is 0 Å². The van der Waals surface area contributed by atoms with Gasteiger partial charge in [-0.3, -0.25) is 0 Å². The number of benzene rings is 2. The summed E-state index contributed by atoms with van der Waals surface area (Å²) in [6.45, 7) is 0. The summed E-state index contributed by atoms with van der Waals surface area (Å²) >= 11 is 0. The second-order valence-corrected chi connectivity index (χ2v) is 4.20. The number of nitrogens with zero attached hydrogens (tertiary/aromatic N) is 6. The molecule has 0 saturated heterocycles. The largest absolute Gasteiger partial charge is 0.204 e. The topological polar surface area (TPSA) is 109 Å². The van der Waals surface area contributed by atoms with Crippen LogP contribution < -0.4 is 0 Å². The minimum absolute atomic E-state index is 0. The fourth-order valence-electron chi connectivity index (χ4n) is 1.74. The number of aromatic nitrogens is 8. The Hall–Kier alpha value is -1.85. The molecule has 0 aliphatic heterocycles. The first-order chi connectivity index (χ1) is 10.9. The summed E-state index contributed by atoms with van der Waals surface area (Å²) in [7, 11) is 0. The second kappa shape index (κ2) is 9.33. The molecule has 23 heavy (non-hydrogen) atoms. The zero-order valence-corrected chi connectivity index (χ0v) is 16.6. The maximum Gasteiger partial charge on any atom is 0.204 e. The summed E-state index contributed by atoms with van der Waals surface area (Å²) in [6, 6.07) is 19.4. The van der Waals surface area contributed by atoms with Gasteiger partial charge in [-0.2, -0.15) is 10.4 Å². The van der Waals surface area contributed by atoms with Gasteiger partial charge in [-0.15, -0.1) is 20.4 Å². The first kappa shape index (κ1) is 17.5. The van der Waals surface area contributed by atoms with Crippen LogP contribution >= 0.6 is 0 Å². The molecule has 0 fully saturated rings. The van der Waals surface area contributed by atoms with E-state index in [1.807, 2.05) is 60.7 Å². The number of hydrogen-bond acceptors (Lipinski definition) is 6. The third-order valence-electron chi connectivity index (χ3n) is 2.75. The van der Waals surface area contributed by atoms with Crippen LogP contribution in [-0.4, -0.2) is 90.1 Å². The van der Waals surface area contributed by atoms with Gasteiger partial charge in [-0.05, 0) is 10.4 Å². The van der Waals surface area contributed by atoms with Crippen molar-refractivity contribution in [3.05, 3.63) is 60.7 Å². The first-order valence-corrected chi connectivity index (χ1v) is 6.51. The average Bonchev–Trinajstić information content (AvgIpc) is 3.31. The molecule has 9 heteroatoms. The van der Waals surface area contributed by atoms with Crippen LogP contribution in [0.2, 0.25) is 0 Å². The molecular formula is C14H12BaN8. The van der Waals surface area contributed by atoms with Crippen LogP contribution in [0.5, 0.6) is 0 Å². The van der Waals surface area contributed by atoms with E-state index in [0.717, 1.165) is 11.1 Å². The van der Waals surface area contributed by atoms with E-state index in [4.69, 9.17) is 0 Å². The zero-order valence-electron chi connectivity index (χ0n) is 12.2. The van der Waals surface area contributed by atoms with Crippen molar-refractivity contribution in [1.29, 1.82) is 0 Å². The smallest absolute Gasteiger partial charge is 0.177 e. The van der Waals surface area contributed by atoms with Crippen molar-refractivity contribution >= 4 is 48.9 Å². The van der Waals surface area contributed by atoms with Crippen molar-refractivity contribution in [2.45, 2.75) is 0 Å². The van der Waals surface area contributed by atoms with Crippen LogP contribution in [0.4, 0.5) is 0 Å². The monoisotopic (exact) mass is 430 g/mol. The van der Waals surface area contributed by atoms with E-state index in [9.17, 15) is 0 Å². The molecule has 0 bridgehead atoms. The normalized spacial score (nSPS) is 9.39. The molecular weight excluding hydrogens is 418 g/mol. The Balaban J connectivity index is 0.000000160. The number of tetrazole rings is 2. The molecule has 0 amide bonds. The number of aromatic amines is 2. The van der Waals surface area contributed by atoms with Gasteiger partial charge < -0.3 is 0 Å². The average molecular weight is 430 g/mol. The summed E-state index contributed by atoms with van der Waals surface area (Å²) in [5.41, 5.74) is 1.95. The van der Waals surface area contributed by atoms with Crippen molar-refractivity contribution in [3.8, 4) is 22.8 Å². The molecule has 4 rings (SSSR count). The van der Waals surface area contributed by atoms with Gasteiger partial charge in [0, 0.05) is 60.0 Å². The van der Waals surface area contributed by atoms with E-state index in [1.165, 1.54) is 0 Å². The van der Waals surface area contributed by atoms with E-state index in [2.05, 4.69) is 41.2 Å². The van der Waals surface area contributed by atoms with E-state index in [1.54, 1.807) is 0 Å². The third kappa shape index (κ3) is 5.08. The van der Waals surface area contributed by atoms with Gasteiger partial charge in [0.15, 0.2) is 0 Å². The minimum atomic E-state index is 0. The molecule has 2 N–H and O–H groups in total. The molecule has 2 aromatic carbocycles. The molecule has 110 valence electrons. The van der Waals surface area contributed by atoms with Crippen molar-refractivity contribution in [1.82, 2.24) is 41.2 Å². The molecule has 0 spiro atoms. The number of nitrogens with one attached hydrogen (secondary N) is 2. The fourth-order valence-corrected chi connectivity index (χ4v) is 1.74. The predicted molar refractivity (Wildman–Crippen MR) is 85.0 cm³/mol. The number of H-pyrrole nitrogens is 2.